The third-order valence-corrected chi connectivity index (χ3v) is 3.54. The normalized spacial score (nSPS) is 11.0. The van der Waals surface area contributed by atoms with Crippen molar-refractivity contribution in [1.82, 2.24) is 10.1 Å². The molecule has 21 heavy (non-hydrogen) atoms. The van der Waals surface area contributed by atoms with Gasteiger partial charge in [0, 0.05) is 18.0 Å². The van der Waals surface area contributed by atoms with Gasteiger partial charge in [-0.2, -0.15) is 0 Å². The van der Waals surface area contributed by atoms with E-state index in [0.29, 0.717) is 11.8 Å². The minimum absolute atomic E-state index is 0.323. The van der Waals surface area contributed by atoms with Crippen LogP contribution in [-0.2, 0) is 0 Å². The number of aromatic nitrogens is 2. The molecule has 0 aliphatic heterocycles. The van der Waals surface area contributed by atoms with Gasteiger partial charge in [0.15, 0.2) is 0 Å². The van der Waals surface area contributed by atoms with E-state index in [-0.39, 0.29) is 0 Å². The Morgan fingerprint density at radius 2 is 1.62 bits per heavy atom. The predicted octanol–water partition coefficient (Wildman–Crippen LogP) is 4.11. The molecule has 3 rings (SSSR count). The molecule has 0 spiro atoms. The van der Waals surface area contributed by atoms with Gasteiger partial charge in [0.25, 0.3) is 0 Å². The highest BCUT2D eigenvalue weighted by Gasteiger charge is 2.17. The van der Waals surface area contributed by atoms with Crippen LogP contribution in [0.2, 0.25) is 0 Å². The number of nitrogens with zero attached hydrogens (tertiary/aromatic N) is 2. The minimum Gasteiger partial charge on any atom is -0.367 e. The zero-order chi connectivity index (χ0) is 14.8. The minimum atomic E-state index is 0.323. The van der Waals surface area contributed by atoms with Crippen molar-refractivity contribution in [1.29, 1.82) is 0 Å². The van der Waals surface area contributed by atoms with Gasteiger partial charge < -0.3 is 10.3 Å². The maximum atomic E-state index is 5.94. The smallest absolute Gasteiger partial charge is 0.230 e. The number of hydrogen-bond acceptors (Lipinski definition) is 4. The van der Waals surface area contributed by atoms with Crippen LogP contribution in [0.25, 0.3) is 22.4 Å². The fraction of sp³-hybridized carbons (Fsp3) is 0.176. The molecule has 2 heterocycles. The summed E-state index contributed by atoms with van der Waals surface area (Å²) < 4.78 is 5.19. The van der Waals surface area contributed by atoms with Crippen LogP contribution in [0.3, 0.4) is 0 Å². The fourth-order valence-electron chi connectivity index (χ4n) is 2.32. The second-order valence-corrected chi connectivity index (χ2v) is 5.28. The second-order valence-electron chi connectivity index (χ2n) is 5.28. The first-order chi connectivity index (χ1) is 10.2. The molecule has 3 aromatic rings. The third-order valence-electron chi connectivity index (χ3n) is 3.54. The molecule has 0 unspecified atom stereocenters. The van der Waals surface area contributed by atoms with Crippen molar-refractivity contribution in [3.63, 3.8) is 0 Å². The number of nitrogens with two attached hydrogens (primary N) is 1. The van der Waals surface area contributed by atoms with Crippen LogP contribution in [0.4, 0.5) is 5.88 Å². The molecule has 0 aliphatic rings. The second kappa shape index (κ2) is 5.40. The molecule has 4 heteroatoms. The Hall–Kier alpha value is -2.62. The highest BCUT2D eigenvalue weighted by molar-refractivity contribution is 5.86. The van der Waals surface area contributed by atoms with E-state index < -0.39 is 0 Å². The Balaban J connectivity index is 2.08. The van der Waals surface area contributed by atoms with Gasteiger partial charge in [0.2, 0.25) is 5.88 Å². The molecule has 0 bridgehead atoms. The van der Waals surface area contributed by atoms with Crippen LogP contribution in [0.1, 0.15) is 25.3 Å². The van der Waals surface area contributed by atoms with Gasteiger partial charge in [0.1, 0.15) is 5.69 Å². The largest absolute Gasteiger partial charge is 0.367 e. The van der Waals surface area contributed by atoms with E-state index in [1.165, 1.54) is 5.56 Å². The van der Waals surface area contributed by atoms with E-state index in [9.17, 15) is 0 Å². The van der Waals surface area contributed by atoms with Crippen molar-refractivity contribution >= 4 is 5.88 Å². The Bertz CT molecular complexity index is 730. The lowest BCUT2D eigenvalue weighted by Crippen LogP contribution is -1.90. The van der Waals surface area contributed by atoms with Crippen LogP contribution in [-0.4, -0.2) is 10.1 Å². The molecule has 0 saturated heterocycles. The Kier molecular flexibility index (Phi) is 3.44. The number of nitrogen functional groups attached to an aromatic ring is 1. The van der Waals surface area contributed by atoms with Crippen molar-refractivity contribution < 1.29 is 4.52 Å². The quantitative estimate of drug-likeness (QED) is 0.783. The topological polar surface area (TPSA) is 64.9 Å². The molecule has 0 atom stereocenters. The van der Waals surface area contributed by atoms with Gasteiger partial charge in [0.05, 0.1) is 5.56 Å². The van der Waals surface area contributed by atoms with Gasteiger partial charge in [-0.05, 0) is 29.2 Å². The molecule has 106 valence electrons. The first kappa shape index (κ1) is 13.4. The van der Waals surface area contributed by atoms with E-state index >= 15 is 0 Å². The van der Waals surface area contributed by atoms with Crippen molar-refractivity contribution in [2.24, 2.45) is 0 Å². The number of rotatable bonds is 3. The van der Waals surface area contributed by atoms with E-state index in [1.807, 2.05) is 12.1 Å². The van der Waals surface area contributed by atoms with Crippen molar-refractivity contribution in [3.8, 4) is 22.4 Å². The summed E-state index contributed by atoms with van der Waals surface area (Å²) in [5.41, 5.74) is 10.7. The monoisotopic (exact) mass is 279 g/mol. The molecule has 1 aromatic carbocycles. The molecule has 0 aliphatic carbocycles. The maximum Gasteiger partial charge on any atom is 0.230 e. The zero-order valence-electron chi connectivity index (χ0n) is 12.1. The highest BCUT2D eigenvalue weighted by Crippen LogP contribution is 2.36. The lowest BCUT2D eigenvalue weighted by molar-refractivity contribution is 0.439. The van der Waals surface area contributed by atoms with Gasteiger partial charge >= 0.3 is 0 Å². The lowest BCUT2D eigenvalue weighted by Gasteiger charge is -2.06. The van der Waals surface area contributed by atoms with Crippen LogP contribution in [0.5, 0.6) is 0 Å². The summed E-state index contributed by atoms with van der Waals surface area (Å²) in [6.45, 7) is 4.34. The summed E-state index contributed by atoms with van der Waals surface area (Å²) in [6, 6.07) is 12.1. The maximum absolute atomic E-state index is 5.94. The number of anilines is 1. The Morgan fingerprint density at radius 1 is 0.952 bits per heavy atom. The van der Waals surface area contributed by atoms with Crippen LogP contribution < -0.4 is 5.73 Å². The molecule has 2 N–H and O–H groups in total. The van der Waals surface area contributed by atoms with Crippen molar-refractivity contribution in [3.05, 3.63) is 54.4 Å². The summed E-state index contributed by atoms with van der Waals surface area (Å²) in [7, 11) is 0. The SMILES string of the molecule is CC(C)c1ccc(-c2noc(N)c2-c2ccncc2)cc1. The van der Waals surface area contributed by atoms with Gasteiger partial charge in [-0.15, -0.1) is 0 Å². The van der Waals surface area contributed by atoms with Crippen LogP contribution >= 0.6 is 0 Å². The Morgan fingerprint density at radius 3 is 2.24 bits per heavy atom. The molecule has 0 saturated carbocycles. The summed E-state index contributed by atoms with van der Waals surface area (Å²) in [4.78, 5) is 4.03. The molecule has 0 amide bonds. The summed E-state index contributed by atoms with van der Waals surface area (Å²) in [5.74, 6) is 0.824. The first-order valence-electron chi connectivity index (χ1n) is 6.92. The molecular formula is C17H17N3O. The van der Waals surface area contributed by atoms with E-state index in [4.69, 9.17) is 10.3 Å². The average molecular weight is 279 g/mol. The number of hydrogen-bond donors (Lipinski definition) is 1. The predicted molar refractivity (Wildman–Crippen MR) is 83.7 cm³/mol. The number of pyridine rings is 1. The van der Waals surface area contributed by atoms with E-state index in [2.05, 4.69) is 48.3 Å². The van der Waals surface area contributed by atoms with Crippen LogP contribution in [0.15, 0.2) is 53.3 Å². The molecule has 4 nitrogen and oxygen atoms in total. The standard InChI is InChI=1S/C17H17N3O/c1-11(2)12-3-5-14(6-4-12)16-15(17(18)21-20-16)13-7-9-19-10-8-13/h3-11H,18H2,1-2H3. The summed E-state index contributed by atoms with van der Waals surface area (Å²) in [5, 5.41) is 4.12. The molecule has 2 aromatic heterocycles. The van der Waals surface area contributed by atoms with Gasteiger partial charge in [-0.25, -0.2) is 0 Å². The van der Waals surface area contributed by atoms with Crippen molar-refractivity contribution in [2.45, 2.75) is 19.8 Å². The van der Waals surface area contributed by atoms with Crippen molar-refractivity contribution in [2.75, 3.05) is 5.73 Å². The molecular weight excluding hydrogens is 262 g/mol. The summed E-state index contributed by atoms with van der Waals surface area (Å²) in [6.07, 6.45) is 3.46. The lowest BCUT2D eigenvalue weighted by atomic mass is 9.98. The molecule has 0 radical (unpaired) electrons. The molecule has 0 fully saturated rings. The first-order valence-corrected chi connectivity index (χ1v) is 6.92. The number of benzene rings is 1. The van der Waals surface area contributed by atoms with E-state index in [0.717, 1.165) is 22.4 Å². The zero-order valence-corrected chi connectivity index (χ0v) is 12.1. The Labute approximate surface area is 123 Å². The van der Waals surface area contributed by atoms with Gasteiger partial charge in [-0.1, -0.05) is 43.3 Å². The van der Waals surface area contributed by atoms with Crippen LogP contribution in [0, 0.1) is 0 Å². The average Bonchev–Trinajstić information content (AvgIpc) is 2.90. The van der Waals surface area contributed by atoms with Gasteiger partial charge in [-0.3, -0.25) is 4.98 Å². The fourth-order valence-corrected chi connectivity index (χ4v) is 2.32. The summed E-state index contributed by atoms with van der Waals surface area (Å²) >= 11 is 0. The third kappa shape index (κ3) is 2.52. The van der Waals surface area contributed by atoms with E-state index in [1.54, 1.807) is 12.4 Å². The highest BCUT2D eigenvalue weighted by atomic mass is 16.5.